The standard InChI is InChI=1S/C11H14BrNO/c1-7(2)11(14)13-10-6-8(3)4-5-9(10)12/h4-7H,1-3H3,(H,13,14). The quantitative estimate of drug-likeness (QED) is 0.863. The number of carbonyl (C=O) groups excluding carboxylic acids is 1. The molecule has 0 saturated heterocycles. The minimum Gasteiger partial charge on any atom is -0.325 e. The van der Waals surface area contributed by atoms with Crippen LogP contribution in [-0.4, -0.2) is 5.91 Å². The van der Waals surface area contributed by atoms with E-state index >= 15 is 0 Å². The van der Waals surface area contributed by atoms with Gasteiger partial charge in [0.1, 0.15) is 0 Å². The summed E-state index contributed by atoms with van der Waals surface area (Å²) in [7, 11) is 0. The molecule has 0 saturated carbocycles. The van der Waals surface area contributed by atoms with Gasteiger partial charge in [-0.15, -0.1) is 0 Å². The van der Waals surface area contributed by atoms with Crippen LogP contribution in [0.15, 0.2) is 22.7 Å². The van der Waals surface area contributed by atoms with E-state index in [0.29, 0.717) is 0 Å². The van der Waals surface area contributed by atoms with E-state index in [4.69, 9.17) is 0 Å². The average Bonchev–Trinajstić information content (AvgIpc) is 2.11. The summed E-state index contributed by atoms with van der Waals surface area (Å²) in [6.07, 6.45) is 0. The highest BCUT2D eigenvalue weighted by Crippen LogP contribution is 2.23. The maximum Gasteiger partial charge on any atom is 0.226 e. The van der Waals surface area contributed by atoms with E-state index in [-0.39, 0.29) is 11.8 Å². The first-order valence-electron chi connectivity index (χ1n) is 4.57. The second-order valence-corrected chi connectivity index (χ2v) is 4.48. The maximum atomic E-state index is 11.4. The van der Waals surface area contributed by atoms with E-state index < -0.39 is 0 Å². The summed E-state index contributed by atoms with van der Waals surface area (Å²) in [4.78, 5) is 11.4. The number of nitrogens with one attached hydrogen (secondary N) is 1. The molecule has 0 fully saturated rings. The zero-order valence-corrected chi connectivity index (χ0v) is 10.2. The first-order chi connectivity index (χ1) is 6.50. The zero-order chi connectivity index (χ0) is 10.7. The van der Waals surface area contributed by atoms with Gasteiger partial charge in [0.25, 0.3) is 0 Å². The van der Waals surface area contributed by atoms with Crippen LogP contribution in [0.2, 0.25) is 0 Å². The van der Waals surface area contributed by atoms with E-state index in [9.17, 15) is 4.79 Å². The molecule has 0 aromatic heterocycles. The van der Waals surface area contributed by atoms with Gasteiger partial charge in [0.05, 0.1) is 5.69 Å². The highest BCUT2D eigenvalue weighted by atomic mass is 79.9. The van der Waals surface area contributed by atoms with Crippen LogP contribution >= 0.6 is 15.9 Å². The second-order valence-electron chi connectivity index (χ2n) is 3.63. The van der Waals surface area contributed by atoms with Crippen molar-refractivity contribution in [3.8, 4) is 0 Å². The summed E-state index contributed by atoms with van der Waals surface area (Å²) in [6.45, 7) is 5.75. The first kappa shape index (κ1) is 11.2. The Hall–Kier alpha value is -0.830. The fraction of sp³-hybridized carbons (Fsp3) is 0.364. The lowest BCUT2D eigenvalue weighted by molar-refractivity contribution is -0.118. The van der Waals surface area contributed by atoms with Crippen LogP contribution in [0.25, 0.3) is 0 Å². The van der Waals surface area contributed by atoms with Crippen molar-refractivity contribution in [3.05, 3.63) is 28.2 Å². The van der Waals surface area contributed by atoms with Gasteiger partial charge in [-0.3, -0.25) is 4.79 Å². The predicted molar refractivity (Wildman–Crippen MR) is 62.3 cm³/mol. The molecule has 1 amide bonds. The number of anilines is 1. The smallest absolute Gasteiger partial charge is 0.226 e. The molecule has 0 aliphatic carbocycles. The lowest BCUT2D eigenvalue weighted by atomic mass is 10.2. The molecule has 1 N–H and O–H groups in total. The van der Waals surface area contributed by atoms with Crippen LogP contribution in [-0.2, 0) is 4.79 Å². The third-order valence-corrected chi connectivity index (χ3v) is 2.60. The molecule has 14 heavy (non-hydrogen) atoms. The average molecular weight is 256 g/mol. The molecular formula is C11H14BrNO. The van der Waals surface area contributed by atoms with Crippen molar-refractivity contribution in [1.82, 2.24) is 0 Å². The number of carbonyl (C=O) groups is 1. The molecule has 1 aromatic carbocycles. The predicted octanol–water partition coefficient (Wildman–Crippen LogP) is 3.35. The lowest BCUT2D eigenvalue weighted by Gasteiger charge is -2.09. The Morgan fingerprint density at radius 3 is 2.64 bits per heavy atom. The number of rotatable bonds is 2. The normalized spacial score (nSPS) is 10.4. The Balaban J connectivity index is 2.86. The van der Waals surface area contributed by atoms with Gasteiger partial charge in [-0.1, -0.05) is 19.9 Å². The molecule has 0 unspecified atom stereocenters. The zero-order valence-electron chi connectivity index (χ0n) is 8.60. The van der Waals surface area contributed by atoms with Crippen LogP contribution in [0.3, 0.4) is 0 Å². The summed E-state index contributed by atoms with van der Waals surface area (Å²) in [5, 5.41) is 2.86. The fourth-order valence-electron chi connectivity index (χ4n) is 1.01. The third-order valence-electron chi connectivity index (χ3n) is 1.90. The Labute approximate surface area is 92.8 Å². The molecule has 3 heteroatoms. The van der Waals surface area contributed by atoms with Gasteiger partial charge in [0.15, 0.2) is 0 Å². The van der Waals surface area contributed by atoms with Crippen molar-refractivity contribution in [3.63, 3.8) is 0 Å². The van der Waals surface area contributed by atoms with Crippen molar-refractivity contribution in [1.29, 1.82) is 0 Å². The summed E-state index contributed by atoms with van der Waals surface area (Å²) < 4.78 is 0.914. The maximum absolute atomic E-state index is 11.4. The van der Waals surface area contributed by atoms with Crippen molar-refractivity contribution in [2.45, 2.75) is 20.8 Å². The van der Waals surface area contributed by atoms with Crippen molar-refractivity contribution < 1.29 is 4.79 Å². The molecule has 1 aromatic rings. The molecule has 0 aliphatic rings. The summed E-state index contributed by atoms with van der Waals surface area (Å²) in [6, 6.07) is 5.88. The summed E-state index contributed by atoms with van der Waals surface area (Å²) >= 11 is 3.39. The van der Waals surface area contributed by atoms with Crippen LogP contribution in [0, 0.1) is 12.8 Å². The Bertz CT molecular complexity index is 347. The molecule has 2 nitrogen and oxygen atoms in total. The largest absolute Gasteiger partial charge is 0.325 e. The third kappa shape index (κ3) is 2.84. The number of benzene rings is 1. The lowest BCUT2D eigenvalue weighted by Crippen LogP contribution is -2.18. The molecular weight excluding hydrogens is 242 g/mol. The van der Waals surface area contributed by atoms with E-state index in [1.54, 1.807) is 0 Å². The summed E-state index contributed by atoms with van der Waals surface area (Å²) in [5.41, 5.74) is 1.97. The van der Waals surface area contributed by atoms with Gasteiger partial charge >= 0.3 is 0 Å². The minimum atomic E-state index is 0.00223. The molecule has 0 spiro atoms. The molecule has 0 radical (unpaired) electrons. The molecule has 0 bridgehead atoms. The highest BCUT2D eigenvalue weighted by Gasteiger charge is 2.08. The number of aryl methyl sites for hydroxylation is 1. The minimum absolute atomic E-state index is 0.00223. The van der Waals surface area contributed by atoms with Gasteiger partial charge in [0.2, 0.25) is 5.91 Å². The van der Waals surface area contributed by atoms with Crippen molar-refractivity contribution >= 4 is 27.5 Å². The van der Waals surface area contributed by atoms with Crippen LogP contribution < -0.4 is 5.32 Å². The molecule has 0 atom stereocenters. The van der Waals surface area contributed by atoms with Gasteiger partial charge in [0, 0.05) is 10.4 Å². The van der Waals surface area contributed by atoms with E-state index in [0.717, 1.165) is 15.7 Å². The number of hydrogen-bond donors (Lipinski definition) is 1. The van der Waals surface area contributed by atoms with Gasteiger partial charge < -0.3 is 5.32 Å². The Morgan fingerprint density at radius 1 is 1.43 bits per heavy atom. The monoisotopic (exact) mass is 255 g/mol. The fourth-order valence-corrected chi connectivity index (χ4v) is 1.36. The SMILES string of the molecule is Cc1ccc(Br)c(NC(=O)C(C)C)c1. The van der Waals surface area contributed by atoms with Crippen molar-refractivity contribution in [2.75, 3.05) is 5.32 Å². The van der Waals surface area contributed by atoms with Gasteiger partial charge in [-0.05, 0) is 40.5 Å². The van der Waals surface area contributed by atoms with Crippen LogP contribution in [0.1, 0.15) is 19.4 Å². The number of halogens is 1. The number of hydrogen-bond acceptors (Lipinski definition) is 1. The molecule has 76 valence electrons. The van der Waals surface area contributed by atoms with E-state index in [2.05, 4.69) is 21.2 Å². The van der Waals surface area contributed by atoms with E-state index in [1.165, 1.54) is 0 Å². The van der Waals surface area contributed by atoms with Gasteiger partial charge in [-0.25, -0.2) is 0 Å². The Kier molecular flexibility index (Phi) is 3.69. The number of amides is 1. The van der Waals surface area contributed by atoms with Crippen LogP contribution in [0.4, 0.5) is 5.69 Å². The summed E-state index contributed by atoms with van der Waals surface area (Å²) in [5.74, 6) is 0.0405. The van der Waals surface area contributed by atoms with Crippen LogP contribution in [0.5, 0.6) is 0 Å². The Morgan fingerprint density at radius 2 is 2.07 bits per heavy atom. The molecule has 0 aliphatic heterocycles. The second kappa shape index (κ2) is 4.60. The van der Waals surface area contributed by atoms with Gasteiger partial charge in [-0.2, -0.15) is 0 Å². The van der Waals surface area contributed by atoms with Crippen molar-refractivity contribution in [2.24, 2.45) is 5.92 Å². The highest BCUT2D eigenvalue weighted by molar-refractivity contribution is 9.10. The topological polar surface area (TPSA) is 29.1 Å². The first-order valence-corrected chi connectivity index (χ1v) is 5.37. The van der Waals surface area contributed by atoms with E-state index in [1.807, 2.05) is 39.0 Å². The molecule has 0 heterocycles. The molecule has 1 rings (SSSR count).